The van der Waals surface area contributed by atoms with Gasteiger partial charge in [0.25, 0.3) is 5.91 Å². The molecule has 26 heavy (non-hydrogen) atoms. The maximum Gasteiger partial charge on any atom is 0.328 e. The SMILES string of the molecule is COC(=O)[C@H](CCc1ccccc1)NC(=O)c1ccccc1NC(C)=O. The average Bonchev–Trinajstić information content (AvgIpc) is 2.65. The smallest absolute Gasteiger partial charge is 0.328 e. The number of aryl methyl sites for hydroxylation is 1. The number of nitrogens with one attached hydrogen (secondary N) is 2. The van der Waals surface area contributed by atoms with Crippen LogP contribution in [-0.2, 0) is 20.7 Å². The van der Waals surface area contributed by atoms with Crippen molar-refractivity contribution in [1.82, 2.24) is 5.32 Å². The van der Waals surface area contributed by atoms with E-state index in [4.69, 9.17) is 4.74 Å². The number of methoxy groups -OCH3 is 1. The topological polar surface area (TPSA) is 84.5 Å². The van der Waals surface area contributed by atoms with E-state index >= 15 is 0 Å². The Hall–Kier alpha value is -3.15. The van der Waals surface area contributed by atoms with Crippen LogP contribution in [-0.4, -0.2) is 30.9 Å². The number of amides is 2. The van der Waals surface area contributed by atoms with Gasteiger partial charge in [-0.3, -0.25) is 9.59 Å². The molecule has 0 heterocycles. The van der Waals surface area contributed by atoms with Crippen LogP contribution in [0, 0.1) is 0 Å². The molecule has 2 N–H and O–H groups in total. The van der Waals surface area contributed by atoms with Crippen LogP contribution >= 0.6 is 0 Å². The van der Waals surface area contributed by atoms with E-state index in [1.807, 2.05) is 30.3 Å². The van der Waals surface area contributed by atoms with Gasteiger partial charge in [-0.2, -0.15) is 0 Å². The van der Waals surface area contributed by atoms with Gasteiger partial charge in [-0.25, -0.2) is 4.79 Å². The van der Waals surface area contributed by atoms with Gasteiger partial charge in [0.15, 0.2) is 0 Å². The van der Waals surface area contributed by atoms with E-state index in [2.05, 4.69) is 10.6 Å². The number of hydrogen-bond acceptors (Lipinski definition) is 4. The standard InChI is InChI=1S/C20H22N2O4/c1-14(23)21-17-11-7-6-10-16(17)19(24)22-18(20(25)26-2)13-12-15-8-4-3-5-9-15/h3-11,18H,12-13H2,1-2H3,(H,21,23)(H,22,24)/t18-/m0/s1. The highest BCUT2D eigenvalue weighted by Gasteiger charge is 2.23. The molecule has 1 atom stereocenters. The van der Waals surface area contributed by atoms with E-state index in [9.17, 15) is 14.4 Å². The molecular weight excluding hydrogens is 332 g/mol. The minimum atomic E-state index is -0.780. The largest absolute Gasteiger partial charge is 0.467 e. The molecule has 6 heteroatoms. The lowest BCUT2D eigenvalue weighted by Crippen LogP contribution is -2.42. The molecule has 6 nitrogen and oxygen atoms in total. The highest BCUT2D eigenvalue weighted by molar-refractivity contribution is 6.04. The number of benzene rings is 2. The lowest BCUT2D eigenvalue weighted by Gasteiger charge is -2.18. The summed E-state index contributed by atoms with van der Waals surface area (Å²) >= 11 is 0. The molecule has 0 aliphatic heterocycles. The van der Waals surface area contributed by atoms with Crippen LogP contribution in [0.3, 0.4) is 0 Å². The number of para-hydroxylation sites is 1. The molecule has 2 aromatic carbocycles. The Morgan fingerprint density at radius 3 is 2.31 bits per heavy atom. The van der Waals surface area contributed by atoms with E-state index in [0.29, 0.717) is 18.5 Å². The van der Waals surface area contributed by atoms with E-state index in [1.54, 1.807) is 24.3 Å². The monoisotopic (exact) mass is 354 g/mol. The summed E-state index contributed by atoms with van der Waals surface area (Å²) in [6, 6.07) is 15.5. The highest BCUT2D eigenvalue weighted by atomic mass is 16.5. The number of anilines is 1. The zero-order chi connectivity index (χ0) is 18.9. The molecular formula is C20H22N2O4. The predicted molar refractivity (Wildman–Crippen MR) is 98.8 cm³/mol. The summed E-state index contributed by atoms with van der Waals surface area (Å²) < 4.78 is 4.81. The molecule has 0 aliphatic rings. The lowest BCUT2D eigenvalue weighted by molar-refractivity contribution is -0.143. The molecule has 0 saturated carbocycles. The highest BCUT2D eigenvalue weighted by Crippen LogP contribution is 2.16. The van der Waals surface area contributed by atoms with Crippen LogP contribution in [0.1, 0.15) is 29.3 Å². The number of rotatable bonds is 7. The second-order valence-corrected chi connectivity index (χ2v) is 5.80. The fourth-order valence-corrected chi connectivity index (χ4v) is 2.56. The third kappa shape index (κ3) is 5.44. The van der Waals surface area contributed by atoms with Gasteiger partial charge < -0.3 is 15.4 Å². The molecule has 0 aromatic heterocycles. The van der Waals surface area contributed by atoms with Gasteiger partial charge in [0.1, 0.15) is 6.04 Å². The van der Waals surface area contributed by atoms with Crippen molar-refractivity contribution >= 4 is 23.5 Å². The van der Waals surface area contributed by atoms with Crippen molar-refractivity contribution in [3.8, 4) is 0 Å². The van der Waals surface area contributed by atoms with Crippen LogP contribution in [0.4, 0.5) is 5.69 Å². The van der Waals surface area contributed by atoms with Crippen LogP contribution in [0.15, 0.2) is 54.6 Å². The van der Waals surface area contributed by atoms with Crippen molar-refractivity contribution in [3.05, 3.63) is 65.7 Å². The van der Waals surface area contributed by atoms with Crippen molar-refractivity contribution in [1.29, 1.82) is 0 Å². The molecule has 136 valence electrons. The number of ether oxygens (including phenoxy) is 1. The maximum absolute atomic E-state index is 12.6. The minimum absolute atomic E-state index is 0.279. The Morgan fingerprint density at radius 2 is 1.65 bits per heavy atom. The number of carbonyl (C=O) groups is 3. The second kappa shape index (κ2) is 9.36. The Labute approximate surface area is 152 Å². The fraction of sp³-hybridized carbons (Fsp3) is 0.250. The van der Waals surface area contributed by atoms with Crippen LogP contribution < -0.4 is 10.6 Å². The summed E-state index contributed by atoms with van der Waals surface area (Å²) in [4.78, 5) is 36.0. The minimum Gasteiger partial charge on any atom is -0.467 e. The van der Waals surface area contributed by atoms with Crippen molar-refractivity contribution in [2.24, 2.45) is 0 Å². The first-order valence-corrected chi connectivity index (χ1v) is 8.30. The molecule has 0 saturated heterocycles. The Balaban J connectivity index is 2.11. The summed E-state index contributed by atoms with van der Waals surface area (Å²) in [5.41, 5.74) is 1.75. The summed E-state index contributed by atoms with van der Waals surface area (Å²) in [5.74, 6) is -1.23. The number of hydrogen-bond donors (Lipinski definition) is 2. The summed E-state index contributed by atoms with van der Waals surface area (Å²) in [6.45, 7) is 1.37. The third-order valence-electron chi connectivity index (χ3n) is 3.84. The van der Waals surface area contributed by atoms with Crippen molar-refractivity contribution < 1.29 is 19.1 Å². The summed E-state index contributed by atoms with van der Waals surface area (Å²) in [5, 5.41) is 5.32. The van der Waals surface area contributed by atoms with Gasteiger partial charge in [-0.15, -0.1) is 0 Å². The molecule has 2 amide bonds. The normalized spacial score (nSPS) is 11.3. The quantitative estimate of drug-likeness (QED) is 0.749. The number of esters is 1. The third-order valence-corrected chi connectivity index (χ3v) is 3.84. The Kier molecular flexibility index (Phi) is 6.91. The van der Waals surface area contributed by atoms with E-state index < -0.39 is 17.9 Å². The Bertz CT molecular complexity index is 774. The van der Waals surface area contributed by atoms with Gasteiger partial charge in [0.2, 0.25) is 5.91 Å². The van der Waals surface area contributed by atoms with Gasteiger partial charge in [-0.1, -0.05) is 42.5 Å². The molecule has 0 aliphatic carbocycles. The molecule has 0 radical (unpaired) electrons. The lowest BCUT2D eigenvalue weighted by atomic mass is 10.0. The summed E-state index contributed by atoms with van der Waals surface area (Å²) in [7, 11) is 1.29. The molecule has 0 spiro atoms. The molecule has 2 rings (SSSR count). The molecule has 0 fully saturated rings. The van der Waals surface area contributed by atoms with Crippen molar-refractivity contribution in [3.63, 3.8) is 0 Å². The average molecular weight is 354 g/mol. The van der Waals surface area contributed by atoms with E-state index in [0.717, 1.165) is 5.56 Å². The molecule has 0 unspecified atom stereocenters. The summed E-state index contributed by atoms with van der Waals surface area (Å²) in [6.07, 6.45) is 1.03. The van der Waals surface area contributed by atoms with Gasteiger partial charge >= 0.3 is 5.97 Å². The van der Waals surface area contributed by atoms with Gasteiger partial charge in [0, 0.05) is 6.92 Å². The van der Waals surface area contributed by atoms with E-state index in [1.165, 1.54) is 14.0 Å². The second-order valence-electron chi connectivity index (χ2n) is 5.80. The maximum atomic E-state index is 12.6. The first kappa shape index (κ1) is 19.2. The van der Waals surface area contributed by atoms with E-state index in [-0.39, 0.29) is 11.5 Å². The van der Waals surface area contributed by atoms with Crippen molar-refractivity contribution in [2.75, 3.05) is 12.4 Å². The Morgan fingerprint density at radius 1 is 1.00 bits per heavy atom. The zero-order valence-corrected chi connectivity index (χ0v) is 14.8. The van der Waals surface area contributed by atoms with Crippen molar-refractivity contribution in [2.45, 2.75) is 25.8 Å². The van der Waals surface area contributed by atoms with Gasteiger partial charge in [0.05, 0.1) is 18.4 Å². The molecule has 0 bridgehead atoms. The number of carbonyl (C=O) groups excluding carboxylic acids is 3. The van der Waals surface area contributed by atoms with Crippen LogP contribution in [0.2, 0.25) is 0 Å². The van der Waals surface area contributed by atoms with Gasteiger partial charge in [-0.05, 0) is 30.5 Å². The zero-order valence-electron chi connectivity index (χ0n) is 14.8. The predicted octanol–water partition coefficient (Wildman–Crippen LogP) is 2.55. The fourth-order valence-electron chi connectivity index (χ4n) is 2.56. The molecule has 2 aromatic rings. The first-order chi connectivity index (χ1) is 12.5. The van der Waals surface area contributed by atoms with Crippen LogP contribution in [0.25, 0.3) is 0 Å². The first-order valence-electron chi connectivity index (χ1n) is 8.30. The van der Waals surface area contributed by atoms with Crippen LogP contribution in [0.5, 0.6) is 0 Å².